The van der Waals surface area contributed by atoms with Gasteiger partial charge in [-0.25, -0.2) is 4.79 Å². The molecule has 0 radical (unpaired) electrons. The monoisotopic (exact) mass is 480 g/mol. The van der Waals surface area contributed by atoms with E-state index in [1.54, 1.807) is 9.80 Å². The van der Waals surface area contributed by atoms with Crippen molar-refractivity contribution in [2.45, 2.75) is 52.2 Å². The van der Waals surface area contributed by atoms with Gasteiger partial charge in [0.2, 0.25) is 11.8 Å². The van der Waals surface area contributed by atoms with E-state index in [-0.39, 0.29) is 28.7 Å². The number of piperidine rings is 1. The Morgan fingerprint density at radius 1 is 1.18 bits per heavy atom. The van der Waals surface area contributed by atoms with Crippen molar-refractivity contribution >= 4 is 34.9 Å². The molecule has 33 heavy (non-hydrogen) atoms. The minimum absolute atomic E-state index is 0.00643. The van der Waals surface area contributed by atoms with Crippen LogP contribution in [-0.2, 0) is 4.79 Å². The first-order valence-electron chi connectivity index (χ1n) is 10.7. The number of amides is 3. The van der Waals surface area contributed by atoms with Gasteiger partial charge in [0.25, 0.3) is 0 Å². The molecule has 3 rings (SSSR count). The summed E-state index contributed by atoms with van der Waals surface area (Å²) in [5, 5.41) is 2.63. The van der Waals surface area contributed by atoms with Crippen LogP contribution < -0.4 is 15.0 Å². The molecule has 3 amide bonds. The maximum Gasteiger partial charge on any atom is 0.388 e. The van der Waals surface area contributed by atoms with Gasteiger partial charge in [-0.1, -0.05) is 43.6 Å². The molecular formula is C23H27ClF2N4O3. The summed E-state index contributed by atoms with van der Waals surface area (Å²) in [5.41, 5.74) is 1.68. The molecule has 10 heteroatoms. The van der Waals surface area contributed by atoms with E-state index in [4.69, 9.17) is 11.6 Å². The maximum absolute atomic E-state index is 13.6. The standard InChI is InChI=1S/C23H27ClF2N4O3/c1-14(2)17-6-4-5-7-19(17)30(16-10-12-29(13-11-16)15(3)31)23(32)27-18-8-9-20(24)28-21(18)33-22(25)26/h4-9,14,16,22H,10-13H2,1-3H3,(H,27,32). The molecule has 1 aliphatic rings. The fraction of sp³-hybridized carbons (Fsp3) is 0.435. The summed E-state index contributed by atoms with van der Waals surface area (Å²) < 4.78 is 30.2. The summed E-state index contributed by atoms with van der Waals surface area (Å²) in [6.45, 7) is 3.51. The van der Waals surface area contributed by atoms with Crippen molar-refractivity contribution in [2.75, 3.05) is 23.3 Å². The van der Waals surface area contributed by atoms with Crippen molar-refractivity contribution in [1.29, 1.82) is 0 Å². The van der Waals surface area contributed by atoms with Gasteiger partial charge in [-0.3, -0.25) is 9.69 Å². The van der Waals surface area contributed by atoms with Crippen molar-refractivity contribution in [2.24, 2.45) is 0 Å². The smallest absolute Gasteiger partial charge is 0.388 e. The number of rotatable bonds is 6. The highest BCUT2D eigenvalue weighted by atomic mass is 35.5. The van der Waals surface area contributed by atoms with Crippen LogP contribution in [0.1, 0.15) is 45.1 Å². The number of carbonyl (C=O) groups excluding carboxylic acids is 2. The number of ether oxygens (including phenoxy) is 1. The number of nitrogens with zero attached hydrogens (tertiary/aromatic N) is 3. The molecule has 0 unspecified atom stereocenters. The van der Waals surface area contributed by atoms with E-state index in [1.165, 1.54) is 19.1 Å². The van der Waals surface area contributed by atoms with E-state index in [0.717, 1.165) is 11.3 Å². The molecule has 1 aromatic carbocycles. The lowest BCUT2D eigenvalue weighted by Crippen LogP contribution is -2.50. The Bertz CT molecular complexity index is 997. The number of alkyl halides is 2. The van der Waals surface area contributed by atoms with Gasteiger partial charge in [0.05, 0.1) is 0 Å². The van der Waals surface area contributed by atoms with E-state index >= 15 is 0 Å². The van der Waals surface area contributed by atoms with Crippen LogP contribution in [0.3, 0.4) is 0 Å². The lowest BCUT2D eigenvalue weighted by molar-refractivity contribution is -0.129. The lowest BCUT2D eigenvalue weighted by atomic mass is 9.97. The Labute approximate surface area is 196 Å². The number of anilines is 2. The van der Waals surface area contributed by atoms with Crippen LogP contribution in [-0.4, -0.2) is 47.6 Å². The van der Waals surface area contributed by atoms with Crippen LogP contribution in [0.5, 0.6) is 5.88 Å². The number of carbonyl (C=O) groups is 2. The topological polar surface area (TPSA) is 74.8 Å². The molecule has 0 bridgehead atoms. The molecule has 0 saturated carbocycles. The highest BCUT2D eigenvalue weighted by Gasteiger charge is 2.32. The molecule has 7 nitrogen and oxygen atoms in total. The molecule has 1 N–H and O–H groups in total. The van der Waals surface area contributed by atoms with Crippen LogP contribution in [0.4, 0.5) is 25.0 Å². The van der Waals surface area contributed by atoms with E-state index in [0.29, 0.717) is 25.9 Å². The van der Waals surface area contributed by atoms with Crippen LogP contribution in [0, 0.1) is 0 Å². The minimum Gasteiger partial charge on any atom is -0.415 e. The maximum atomic E-state index is 13.6. The SMILES string of the molecule is CC(=O)N1CCC(N(C(=O)Nc2ccc(Cl)nc2OC(F)F)c2ccccc2C(C)C)CC1. The fourth-order valence-corrected chi connectivity index (χ4v) is 4.11. The number of hydrogen-bond acceptors (Lipinski definition) is 4. The van der Waals surface area contributed by atoms with Crippen LogP contribution in [0.15, 0.2) is 36.4 Å². The molecule has 2 aromatic rings. The van der Waals surface area contributed by atoms with Crippen molar-refractivity contribution in [1.82, 2.24) is 9.88 Å². The first-order valence-corrected chi connectivity index (χ1v) is 11.1. The number of nitrogens with one attached hydrogen (secondary N) is 1. The van der Waals surface area contributed by atoms with Gasteiger partial charge >= 0.3 is 12.6 Å². The Balaban J connectivity index is 1.95. The third-order valence-electron chi connectivity index (χ3n) is 5.58. The summed E-state index contributed by atoms with van der Waals surface area (Å²) in [6, 6.07) is 9.63. The summed E-state index contributed by atoms with van der Waals surface area (Å²) in [7, 11) is 0. The summed E-state index contributed by atoms with van der Waals surface area (Å²) in [6.07, 6.45) is 1.16. The van der Waals surface area contributed by atoms with Crippen molar-refractivity contribution in [3.05, 3.63) is 47.1 Å². The summed E-state index contributed by atoms with van der Waals surface area (Å²) >= 11 is 5.82. The van der Waals surface area contributed by atoms with Crippen molar-refractivity contribution in [3.8, 4) is 5.88 Å². The molecule has 0 atom stereocenters. The van der Waals surface area contributed by atoms with Crippen molar-refractivity contribution in [3.63, 3.8) is 0 Å². The van der Waals surface area contributed by atoms with Gasteiger partial charge < -0.3 is 15.0 Å². The second kappa shape index (κ2) is 10.8. The number of hydrogen-bond donors (Lipinski definition) is 1. The molecule has 178 valence electrons. The van der Waals surface area contributed by atoms with Gasteiger partial charge in [0, 0.05) is 31.7 Å². The predicted molar refractivity (Wildman–Crippen MR) is 123 cm³/mol. The Morgan fingerprint density at radius 3 is 2.45 bits per heavy atom. The molecular weight excluding hydrogens is 454 g/mol. The zero-order chi connectivity index (χ0) is 24.1. The van der Waals surface area contributed by atoms with E-state index < -0.39 is 18.5 Å². The van der Waals surface area contributed by atoms with Gasteiger partial charge in [-0.15, -0.1) is 0 Å². The molecule has 2 heterocycles. The zero-order valence-electron chi connectivity index (χ0n) is 18.7. The Kier molecular flexibility index (Phi) is 8.07. The first kappa shape index (κ1) is 24.7. The zero-order valence-corrected chi connectivity index (χ0v) is 19.5. The lowest BCUT2D eigenvalue weighted by Gasteiger charge is -2.39. The van der Waals surface area contributed by atoms with E-state index in [1.807, 2.05) is 38.1 Å². The van der Waals surface area contributed by atoms with Gasteiger partial charge in [-0.05, 0) is 42.5 Å². The quantitative estimate of drug-likeness (QED) is 0.553. The second-order valence-electron chi connectivity index (χ2n) is 8.12. The number of halogens is 3. The van der Waals surface area contributed by atoms with Gasteiger partial charge in [0.1, 0.15) is 10.8 Å². The average molecular weight is 481 g/mol. The molecule has 1 fully saturated rings. The number of pyridine rings is 1. The summed E-state index contributed by atoms with van der Waals surface area (Å²) in [5.74, 6) is -0.328. The van der Waals surface area contributed by atoms with E-state index in [2.05, 4.69) is 15.0 Å². The molecule has 0 spiro atoms. The highest BCUT2D eigenvalue weighted by Crippen LogP contribution is 2.33. The Hall–Kier alpha value is -2.94. The first-order chi connectivity index (χ1) is 15.7. The number of aromatic nitrogens is 1. The van der Waals surface area contributed by atoms with E-state index in [9.17, 15) is 18.4 Å². The number of benzene rings is 1. The molecule has 1 aliphatic heterocycles. The van der Waals surface area contributed by atoms with Crippen LogP contribution in [0.25, 0.3) is 0 Å². The van der Waals surface area contributed by atoms with Crippen molar-refractivity contribution < 1.29 is 23.1 Å². The predicted octanol–water partition coefficient (Wildman–Crippen LogP) is 5.51. The number of urea groups is 1. The van der Waals surface area contributed by atoms with Crippen LogP contribution in [0.2, 0.25) is 5.15 Å². The summed E-state index contributed by atoms with van der Waals surface area (Å²) in [4.78, 5) is 32.5. The Morgan fingerprint density at radius 2 is 1.85 bits per heavy atom. The average Bonchev–Trinajstić information content (AvgIpc) is 2.76. The highest BCUT2D eigenvalue weighted by molar-refractivity contribution is 6.29. The molecule has 1 saturated heterocycles. The number of likely N-dealkylation sites (tertiary alicyclic amines) is 1. The minimum atomic E-state index is -3.12. The normalized spacial score (nSPS) is 14.5. The molecule has 0 aliphatic carbocycles. The largest absolute Gasteiger partial charge is 0.415 e. The van der Waals surface area contributed by atoms with Gasteiger partial charge in [-0.2, -0.15) is 13.8 Å². The third kappa shape index (κ3) is 6.10. The number of para-hydroxylation sites is 1. The van der Waals surface area contributed by atoms with Gasteiger partial charge in [0.15, 0.2) is 0 Å². The van der Waals surface area contributed by atoms with Crippen LogP contribution >= 0.6 is 11.6 Å². The second-order valence-corrected chi connectivity index (χ2v) is 8.50. The fourth-order valence-electron chi connectivity index (χ4n) is 3.97. The third-order valence-corrected chi connectivity index (χ3v) is 5.79. The molecule has 1 aromatic heterocycles.